The van der Waals surface area contributed by atoms with Crippen LogP contribution in [0.5, 0.6) is 0 Å². The minimum absolute atomic E-state index is 0.772. The summed E-state index contributed by atoms with van der Waals surface area (Å²) in [6, 6.07) is 0. The van der Waals surface area contributed by atoms with Gasteiger partial charge in [-0.25, -0.2) is 4.98 Å². The third-order valence-electron chi connectivity index (χ3n) is 2.40. The largest absolute Gasteiger partial charge is 0.347 e. The van der Waals surface area contributed by atoms with Crippen LogP contribution < -0.4 is 10.2 Å². The zero-order valence-corrected chi connectivity index (χ0v) is 8.55. The van der Waals surface area contributed by atoms with Gasteiger partial charge in [0.1, 0.15) is 6.33 Å². The minimum Gasteiger partial charge on any atom is -0.347 e. The fraction of sp³-hybridized carbons (Fsp3) is 0.750. The van der Waals surface area contributed by atoms with E-state index in [2.05, 4.69) is 19.6 Å². The van der Waals surface area contributed by atoms with Crippen LogP contribution in [-0.4, -0.2) is 36.0 Å². The van der Waals surface area contributed by atoms with Crippen molar-refractivity contribution in [2.75, 3.05) is 31.6 Å². The molecule has 1 atom stereocenters. The Hall–Kier alpha value is -0.680. The van der Waals surface area contributed by atoms with Crippen molar-refractivity contribution in [2.24, 2.45) is 5.92 Å². The van der Waals surface area contributed by atoms with Crippen molar-refractivity contribution >= 4 is 16.7 Å². The van der Waals surface area contributed by atoms with Crippen molar-refractivity contribution in [3.05, 3.63) is 6.33 Å². The van der Waals surface area contributed by atoms with Crippen molar-refractivity contribution in [3.8, 4) is 0 Å². The first kappa shape index (κ1) is 8.90. The number of nitrogens with zero attached hydrogens (tertiary/aromatic N) is 3. The van der Waals surface area contributed by atoms with E-state index < -0.39 is 0 Å². The Kier molecular flexibility index (Phi) is 2.75. The topological polar surface area (TPSA) is 41.0 Å². The average Bonchev–Trinajstić information content (AvgIpc) is 2.70. The van der Waals surface area contributed by atoms with Gasteiger partial charge in [0, 0.05) is 24.6 Å². The van der Waals surface area contributed by atoms with E-state index in [0.29, 0.717) is 0 Å². The first-order chi connectivity index (χ1) is 6.40. The molecule has 0 bridgehead atoms. The van der Waals surface area contributed by atoms with Crippen LogP contribution in [-0.2, 0) is 0 Å². The summed E-state index contributed by atoms with van der Waals surface area (Å²) in [6.07, 6.45) is 2.89. The first-order valence-electron chi connectivity index (χ1n) is 4.56. The highest BCUT2D eigenvalue weighted by Gasteiger charge is 2.23. The zero-order chi connectivity index (χ0) is 9.10. The van der Waals surface area contributed by atoms with Crippen LogP contribution in [0, 0.1) is 5.92 Å². The van der Waals surface area contributed by atoms with Crippen molar-refractivity contribution in [2.45, 2.75) is 6.42 Å². The van der Waals surface area contributed by atoms with Gasteiger partial charge in [0.2, 0.25) is 5.13 Å². The van der Waals surface area contributed by atoms with Crippen molar-refractivity contribution in [1.82, 2.24) is 14.7 Å². The summed E-state index contributed by atoms with van der Waals surface area (Å²) in [4.78, 5) is 6.52. The first-order valence-corrected chi connectivity index (χ1v) is 5.33. The molecule has 2 rings (SSSR count). The fourth-order valence-corrected chi connectivity index (χ4v) is 2.33. The molecule has 0 spiro atoms. The van der Waals surface area contributed by atoms with Gasteiger partial charge < -0.3 is 10.2 Å². The average molecular weight is 198 g/mol. The molecule has 0 aromatic carbocycles. The van der Waals surface area contributed by atoms with Crippen LogP contribution >= 0.6 is 11.5 Å². The highest BCUT2D eigenvalue weighted by Crippen LogP contribution is 2.23. The molecule has 4 nitrogen and oxygen atoms in total. The lowest BCUT2D eigenvalue weighted by atomic mass is 10.1. The summed E-state index contributed by atoms with van der Waals surface area (Å²) < 4.78 is 4.01. The van der Waals surface area contributed by atoms with E-state index in [4.69, 9.17) is 0 Å². The molecule has 1 aliphatic heterocycles. The molecular formula is C8H14N4S. The Morgan fingerprint density at radius 1 is 1.77 bits per heavy atom. The zero-order valence-electron chi connectivity index (χ0n) is 7.73. The lowest BCUT2D eigenvalue weighted by Gasteiger charge is -2.13. The molecule has 1 aromatic heterocycles. The molecule has 13 heavy (non-hydrogen) atoms. The molecule has 2 heterocycles. The molecule has 0 saturated carbocycles. The van der Waals surface area contributed by atoms with Crippen LogP contribution in [0.1, 0.15) is 6.42 Å². The van der Waals surface area contributed by atoms with E-state index in [1.165, 1.54) is 18.0 Å². The van der Waals surface area contributed by atoms with Crippen LogP contribution in [0.4, 0.5) is 5.13 Å². The Balaban J connectivity index is 1.91. The third kappa shape index (κ3) is 1.97. The van der Waals surface area contributed by atoms with Crippen LogP contribution in [0.2, 0.25) is 0 Å². The maximum absolute atomic E-state index is 4.21. The van der Waals surface area contributed by atoms with Crippen LogP contribution in [0.3, 0.4) is 0 Å². The van der Waals surface area contributed by atoms with E-state index in [1.807, 2.05) is 7.05 Å². The lowest BCUT2D eigenvalue weighted by molar-refractivity contribution is 0.549. The molecule has 1 aliphatic rings. The predicted octanol–water partition coefficient (Wildman–Crippen LogP) is 0.584. The smallest absolute Gasteiger partial charge is 0.204 e. The van der Waals surface area contributed by atoms with Crippen LogP contribution in [0.15, 0.2) is 6.33 Å². The summed E-state index contributed by atoms with van der Waals surface area (Å²) in [5, 5.41) is 4.28. The third-order valence-corrected chi connectivity index (χ3v) is 3.13. The van der Waals surface area contributed by atoms with Gasteiger partial charge in [-0.1, -0.05) is 0 Å². The van der Waals surface area contributed by atoms with Gasteiger partial charge in [0.05, 0.1) is 0 Å². The quantitative estimate of drug-likeness (QED) is 0.771. The van der Waals surface area contributed by atoms with E-state index in [-0.39, 0.29) is 0 Å². The maximum Gasteiger partial charge on any atom is 0.204 e. The standard InChI is InChI=1S/C8H14N4S/c1-9-4-7-2-3-12(5-7)8-10-6-11-13-8/h6-7,9H,2-5H2,1H3. The molecule has 5 heteroatoms. The van der Waals surface area contributed by atoms with Gasteiger partial charge in [-0.3, -0.25) is 0 Å². The fourth-order valence-electron chi connectivity index (χ4n) is 1.77. The molecule has 1 saturated heterocycles. The van der Waals surface area contributed by atoms with Crippen molar-refractivity contribution in [1.29, 1.82) is 0 Å². The van der Waals surface area contributed by atoms with Crippen molar-refractivity contribution < 1.29 is 0 Å². The normalized spacial score (nSPS) is 22.5. The predicted molar refractivity (Wildman–Crippen MR) is 54.2 cm³/mol. The van der Waals surface area contributed by atoms with Gasteiger partial charge in [-0.05, 0) is 25.9 Å². The van der Waals surface area contributed by atoms with Crippen molar-refractivity contribution in [3.63, 3.8) is 0 Å². The van der Waals surface area contributed by atoms with Gasteiger partial charge in [0.15, 0.2) is 0 Å². The second-order valence-electron chi connectivity index (χ2n) is 3.38. The van der Waals surface area contributed by atoms with E-state index >= 15 is 0 Å². The summed E-state index contributed by atoms with van der Waals surface area (Å²) in [6.45, 7) is 3.35. The Labute approximate surface area is 82.1 Å². The molecule has 0 aliphatic carbocycles. The Morgan fingerprint density at radius 2 is 2.69 bits per heavy atom. The van der Waals surface area contributed by atoms with Crippen LogP contribution in [0.25, 0.3) is 0 Å². The highest BCUT2D eigenvalue weighted by atomic mass is 32.1. The molecule has 1 aromatic rings. The molecule has 1 unspecified atom stereocenters. The lowest BCUT2D eigenvalue weighted by Crippen LogP contribution is -2.24. The molecule has 72 valence electrons. The molecule has 1 N–H and O–H groups in total. The molecule has 0 radical (unpaired) electrons. The number of hydrogen-bond acceptors (Lipinski definition) is 5. The number of rotatable bonds is 3. The number of aromatic nitrogens is 2. The Bertz CT molecular complexity index is 249. The Morgan fingerprint density at radius 3 is 3.38 bits per heavy atom. The molecule has 0 amide bonds. The summed E-state index contributed by atoms with van der Waals surface area (Å²) >= 11 is 1.48. The van der Waals surface area contributed by atoms with Gasteiger partial charge in [-0.15, -0.1) is 0 Å². The molecule has 1 fully saturated rings. The summed E-state index contributed by atoms with van der Waals surface area (Å²) in [5.41, 5.74) is 0. The van der Waals surface area contributed by atoms with Gasteiger partial charge >= 0.3 is 0 Å². The van der Waals surface area contributed by atoms with Gasteiger partial charge in [-0.2, -0.15) is 4.37 Å². The number of anilines is 1. The number of nitrogens with one attached hydrogen (secondary N) is 1. The monoisotopic (exact) mass is 198 g/mol. The second kappa shape index (κ2) is 4.02. The van der Waals surface area contributed by atoms with E-state index in [9.17, 15) is 0 Å². The minimum atomic E-state index is 0.772. The van der Waals surface area contributed by atoms with E-state index in [0.717, 1.165) is 30.7 Å². The molecular weight excluding hydrogens is 184 g/mol. The highest BCUT2D eigenvalue weighted by molar-refractivity contribution is 7.09. The second-order valence-corrected chi connectivity index (χ2v) is 4.14. The van der Waals surface area contributed by atoms with Gasteiger partial charge in [0.25, 0.3) is 0 Å². The summed E-state index contributed by atoms with van der Waals surface area (Å²) in [5.74, 6) is 0.772. The summed E-state index contributed by atoms with van der Waals surface area (Å²) in [7, 11) is 2.01. The SMILES string of the molecule is CNCC1CCN(c2ncns2)C1. The maximum atomic E-state index is 4.21. The number of hydrogen-bond donors (Lipinski definition) is 1. The van der Waals surface area contributed by atoms with E-state index in [1.54, 1.807) is 6.33 Å².